The molecule has 5 nitrogen and oxygen atoms in total. The Labute approximate surface area is 235 Å². The zero-order valence-corrected chi connectivity index (χ0v) is 25.0. The van der Waals surface area contributed by atoms with Crippen LogP contribution in [0.4, 0.5) is 5.69 Å². The maximum atomic E-state index is 13.6. The Kier molecular flexibility index (Phi) is 8.10. The summed E-state index contributed by atoms with van der Waals surface area (Å²) in [4.78, 5) is 15.9. The Bertz CT molecular complexity index is 1610. The van der Waals surface area contributed by atoms with E-state index >= 15 is 0 Å². The normalized spacial score (nSPS) is 16.7. The average Bonchev–Trinajstić information content (AvgIpc) is 3.48. The van der Waals surface area contributed by atoms with Gasteiger partial charge in [0.25, 0.3) is 0 Å². The summed E-state index contributed by atoms with van der Waals surface area (Å²) in [5, 5.41) is 19.6. The van der Waals surface area contributed by atoms with Crippen LogP contribution in [-0.2, 0) is 11.3 Å². The molecular formula is C31H28N4OSe2. The predicted octanol–water partition coefficient (Wildman–Crippen LogP) is 4.43. The quantitative estimate of drug-likeness (QED) is 0.116. The first kappa shape index (κ1) is 26.4. The van der Waals surface area contributed by atoms with Gasteiger partial charge in [-0.05, 0) is 0 Å². The zero-order chi connectivity index (χ0) is 26.6. The van der Waals surface area contributed by atoms with Crippen LogP contribution in [0.2, 0.25) is 0 Å². The van der Waals surface area contributed by atoms with Crippen LogP contribution in [0, 0.1) is 11.3 Å². The summed E-state index contributed by atoms with van der Waals surface area (Å²) >= 11 is 0.118. The zero-order valence-electron chi connectivity index (χ0n) is 21.5. The molecule has 1 aromatic heterocycles. The summed E-state index contributed by atoms with van der Waals surface area (Å²) in [6.07, 6.45) is 8.17. The Balaban J connectivity index is 1.62. The number of ketones is 1. The molecule has 38 heavy (non-hydrogen) atoms. The number of nitrogens with zero attached hydrogens (tertiary/aromatic N) is 4. The fourth-order valence-electron chi connectivity index (χ4n) is 4.80. The molecule has 190 valence electrons. The summed E-state index contributed by atoms with van der Waals surface area (Å²) in [6, 6.07) is 18.9. The van der Waals surface area contributed by atoms with Gasteiger partial charge in [-0.25, -0.2) is 0 Å². The molecule has 1 aliphatic heterocycles. The molecule has 0 N–H and O–H groups in total. The van der Waals surface area contributed by atoms with Crippen molar-refractivity contribution in [1.82, 2.24) is 0 Å². The minimum absolute atomic E-state index is 0.00883. The molecule has 3 aromatic rings. The second-order valence-electron chi connectivity index (χ2n) is 9.25. The minimum atomic E-state index is -0.0765. The number of nitriles is 1. The van der Waals surface area contributed by atoms with Gasteiger partial charge < -0.3 is 0 Å². The monoisotopic (exact) mass is 632 g/mol. The molecule has 1 aliphatic carbocycles. The van der Waals surface area contributed by atoms with Crippen LogP contribution >= 0.6 is 0 Å². The van der Waals surface area contributed by atoms with Gasteiger partial charge in [0.1, 0.15) is 0 Å². The Morgan fingerprint density at radius 2 is 1.84 bits per heavy atom. The topological polar surface area (TPSA) is 70.3 Å². The summed E-state index contributed by atoms with van der Waals surface area (Å²) in [5.74, 6) is 1.98. The van der Waals surface area contributed by atoms with Crippen molar-refractivity contribution in [2.24, 2.45) is 0 Å². The standard InChI is InChI=1S/C31H28N4OSe2/c1-3-5-15-34-24-11-7-9-13-26(24)37-28(34)17-22-30(21(19-32)20-33)23(31(22)36)18-29-35(16-6-4-2)25-12-8-10-14-27(25)38-29/h7-14,17-18H,3-6,15-16H2,1-2H3. The van der Waals surface area contributed by atoms with Crippen LogP contribution in [0.15, 0.2) is 81.5 Å². The van der Waals surface area contributed by atoms with Crippen molar-refractivity contribution in [3.8, 4) is 6.07 Å². The number of aryl methyl sites for hydroxylation is 1. The van der Waals surface area contributed by atoms with Crippen molar-refractivity contribution in [3.63, 3.8) is 0 Å². The fourth-order valence-corrected chi connectivity index (χ4v) is 9.54. The maximum absolute atomic E-state index is 13.6. The third-order valence-corrected chi connectivity index (χ3v) is 11.4. The van der Waals surface area contributed by atoms with Crippen molar-refractivity contribution >= 4 is 67.1 Å². The van der Waals surface area contributed by atoms with E-state index in [2.05, 4.69) is 83.8 Å². The Morgan fingerprint density at radius 1 is 1.08 bits per heavy atom. The summed E-state index contributed by atoms with van der Waals surface area (Å²) in [6.45, 7) is 6.13. The van der Waals surface area contributed by atoms with Gasteiger partial charge in [0.15, 0.2) is 0 Å². The number of fused-ring (bicyclic) bond motifs is 2. The molecule has 0 spiro atoms. The summed E-state index contributed by atoms with van der Waals surface area (Å²) in [7, 11) is 0. The number of benzene rings is 2. The molecule has 0 unspecified atom stereocenters. The third-order valence-electron chi connectivity index (χ3n) is 6.78. The predicted molar refractivity (Wildman–Crippen MR) is 156 cm³/mol. The van der Waals surface area contributed by atoms with E-state index in [9.17, 15) is 15.5 Å². The average molecular weight is 631 g/mol. The van der Waals surface area contributed by atoms with Crippen molar-refractivity contribution < 1.29 is 9.36 Å². The summed E-state index contributed by atoms with van der Waals surface area (Å²) < 4.78 is 7.12. The van der Waals surface area contributed by atoms with Gasteiger partial charge in [-0.1, -0.05) is 0 Å². The number of unbranched alkanes of at least 4 members (excludes halogenated alkanes) is 2. The Hall–Kier alpha value is -3.22. The molecule has 0 saturated carbocycles. The van der Waals surface area contributed by atoms with Gasteiger partial charge >= 0.3 is 237 Å². The molecule has 2 aliphatic rings. The number of anilines is 1. The fraction of sp³-hybridized carbons (Fsp3) is 0.258. The molecule has 2 aromatic carbocycles. The number of para-hydroxylation sites is 2. The molecular weight excluding hydrogens is 602 g/mol. The van der Waals surface area contributed by atoms with E-state index < -0.39 is 0 Å². The van der Waals surface area contributed by atoms with E-state index in [-0.39, 0.29) is 40.8 Å². The number of aromatic nitrogens is 1. The van der Waals surface area contributed by atoms with E-state index in [0.717, 1.165) is 47.9 Å². The van der Waals surface area contributed by atoms with Gasteiger partial charge in [-0.3, -0.25) is 0 Å². The number of Topliss-reactive ketones (excluding diaryl/α,β-unsaturated/α-hetero) is 1. The molecule has 0 radical (unpaired) electrons. The van der Waals surface area contributed by atoms with Gasteiger partial charge in [-0.2, -0.15) is 0 Å². The number of carbonyl (C=O) groups is 1. The number of hydrogen-bond donors (Lipinski definition) is 0. The van der Waals surface area contributed by atoms with Crippen molar-refractivity contribution in [2.45, 2.75) is 46.1 Å². The van der Waals surface area contributed by atoms with E-state index in [1.165, 1.54) is 19.9 Å². The first-order valence-electron chi connectivity index (χ1n) is 13.0. The van der Waals surface area contributed by atoms with E-state index in [0.29, 0.717) is 16.7 Å². The SMILES string of the molecule is CCCCN1/C(=C/C2=C(C(=C=[N-])C#N)C(=C/c3[se]c4ccccc4[n+]3CCCC)/C2=O)[Se]c2ccccc21. The molecule has 2 heterocycles. The molecule has 7 heteroatoms. The van der Waals surface area contributed by atoms with Crippen molar-refractivity contribution in [1.29, 1.82) is 5.26 Å². The molecule has 0 amide bonds. The number of hydrogen-bond acceptors (Lipinski definition) is 3. The first-order valence-corrected chi connectivity index (χ1v) is 16.4. The van der Waals surface area contributed by atoms with Gasteiger partial charge in [0.05, 0.1) is 0 Å². The third kappa shape index (κ3) is 4.83. The van der Waals surface area contributed by atoms with Crippen LogP contribution in [0.25, 0.3) is 21.3 Å². The van der Waals surface area contributed by atoms with Crippen molar-refractivity contribution in [2.75, 3.05) is 11.4 Å². The first-order chi connectivity index (χ1) is 18.6. The van der Waals surface area contributed by atoms with Gasteiger partial charge in [-0.15, -0.1) is 0 Å². The molecule has 0 saturated heterocycles. The second kappa shape index (κ2) is 11.7. The van der Waals surface area contributed by atoms with E-state index in [4.69, 9.17) is 0 Å². The van der Waals surface area contributed by atoms with Crippen LogP contribution in [0.5, 0.6) is 0 Å². The van der Waals surface area contributed by atoms with Gasteiger partial charge in [0, 0.05) is 0 Å². The van der Waals surface area contributed by atoms with Crippen LogP contribution in [0.3, 0.4) is 0 Å². The number of carbonyl (C=O) groups excluding carboxylic acids is 1. The molecule has 0 fully saturated rings. The van der Waals surface area contributed by atoms with Crippen molar-refractivity contribution in [3.05, 3.63) is 91.5 Å². The summed E-state index contributed by atoms with van der Waals surface area (Å²) in [5.41, 5.74) is 3.90. The van der Waals surface area contributed by atoms with E-state index in [1.54, 1.807) is 0 Å². The van der Waals surface area contributed by atoms with Crippen LogP contribution in [0.1, 0.15) is 44.1 Å². The molecule has 0 bridgehead atoms. The Morgan fingerprint density at radius 3 is 2.61 bits per heavy atom. The van der Waals surface area contributed by atoms with Crippen LogP contribution < -0.4 is 13.9 Å². The van der Waals surface area contributed by atoms with Crippen LogP contribution in [-0.4, -0.2) is 47.7 Å². The number of allylic oxidation sites excluding steroid dienone is 5. The second-order valence-corrected chi connectivity index (χ2v) is 13.7. The van der Waals surface area contributed by atoms with Gasteiger partial charge in [0.2, 0.25) is 0 Å². The molecule has 0 atom stereocenters. The van der Waals surface area contributed by atoms with E-state index in [1.807, 2.05) is 12.2 Å². The molecule has 5 rings (SSSR count). The number of rotatable bonds is 9.